The first kappa shape index (κ1) is 28.2. The highest BCUT2D eigenvalue weighted by atomic mass is 127. The van der Waals surface area contributed by atoms with E-state index >= 15 is 0 Å². The lowest BCUT2D eigenvalue weighted by Crippen LogP contribution is -2.09. The van der Waals surface area contributed by atoms with E-state index < -0.39 is 0 Å². The summed E-state index contributed by atoms with van der Waals surface area (Å²) in [4.78, 5) is 24.8. The Bertz CT molecular complexity index is 1440. The predicted octanol–water partition coefficient (Wildman–Crippen LogP) is 6.49. The maximum absolute atomic E-state index is 13.7. The average molecular weight is 739 g/mol. The van der Waals surface area contributed by atoms with Crippen LogP contribution in [-0.4, -0.2) is 28.5 Å². The highest BCUT2D eigenvalue weighted by Crippen LogP contribution is 2.38. The summed E-state index contributed by atoms with van der Waals surface area (Å²) in [5.41, 5.74) is 7.59. The third kappa shape index (κ3) is 6.79. The van der Waals surface area contributed by atoms with E-state index in [9.17, 15) is 19.8 Å². The van der Waals surface area contributed by atoms with Gasteiger partial charge in [-0.25, -0.2) is 0 Å². The SMILES string of the molecule is NC(=O)CCCCCc1oc2cc(OCCc3ccccc3)c(O)cc2c1C(=O)c1cc(I)c(O)c(I)c1. The number of halogens is 2. The fourth-order valence-corrected chi connectivity index (χ4v) is 6.00. The zero-order valence-corrected chi connectivity index (χ0v) is 24.8. The Kier molecular flexibility index (Phi) is 9.53. The molecule has 0 saturated carbocycles. The second-order valence-corrected chi connectivity index (χ2v) is 11.3. The number of hydrogen-bond acceptors (Lipinski definition) is 6. The van der Waals surface area contributed by atoms with Gasteiger partial charge in [0.25, 0.3) is 0 Å². The van der Waals surface area contributed by atoms with Gasteiger partial charge < -0.3 is 25.1 Å². The van der Waals surface area contributed by atoms with Crippen LogP contribution in [0.1, 0.15) is 52.9 Å². The summed E-state index contributed by atoms with van der Waals surface area (Å²) >= 11 is 3.98. The molecule has 0 unspecified atom stereocenters. The number of aryl methyl sites for hydroxylation is 1. The molecule has 1 aromatic heterocycles. The van der Waals surface area contributed by atoms with Gasteiger partial charge in [0.2, 0.25) is 5.91 Å². The Balaban J connectivity index is 1.64. The first-order chi connectivity index (χ1) is 18.2. The van der Waals surface area contributed by atoms with Gasteiger partial charge in [-0.15, -0.1) is 0 Å². The topological polar surface area (TPSA) is 123 Å². The van der Waals surface area contributed by atoms with Crippen molar-refractivity contribution in [1.82, 2.24) is 0 Å². The minimum Gasteiger partial charge on any atom is -0.506 e. The molecule has 0 aliphatic rings. The number of benzene rings is 3. The van der Waals surface area contributed by atoms with E-state index in [1.807, 2.05) is 75.5 Å². The Hall–Kier alpha value is -2.80. The fourth-order valence-electron chi connectivity index (χ4n) is 4.23. The molecule has 0 saturated heterocycles. The molecule has 0 bridgehead atoms. The Labute approximate surface area is 247 Å². The van der Waals surface area contributed by atoms with Crippen molar-refractivity contribution < 1.29 is 29.0 Å². The number of carbonyl (C=O) groups is 2. The fraction of sp³-hybridized carbons (Fsp3) is 0.241. The number of phenols is 2. The number of rotatable bonds is 12. The highest BCUT2D eigenvalue weighted by Gasteiger charge is 2.25. The molecule has 1 amide bonds. The van der Waals surface area contributed by atoms with Crippen LogP contribution in [0.4, 0.5) is 0 Å². The lowest BCUT2D eigenvalue weighted by atomic mass is 9.97. The number of primary amides is 1. The maximum Gasteiger partial charge on any atom is 0.217 e. The van der Waals surface area contributed by atoms with Crippen LogP contribution < -0.4 is 10.5 Å². The van der Waals surface area contributed by atoms with Crippen LogP contribution in [-0.2, 0) is 17.6 Å². The molecule has 7 nitrogen and oxygen atoms in total. The molecular weight excluding hydrogens is 712 g/mol. The van der Waals surface area contributed by atoms with Gasteiger partial charge in [0.1, 0.15) is 17.1 Å². The smallest absolute Gasteiger partial charge is 0.217 e. The van der Waals surface area contributed by atoms with E-state index in [2.05, 4.69) is 0 Å². The van der Waals surface area contributed by atoms with Gasteiger partial charge in [0.15, 0.2) is 17.3 Å². The van der Waals surface area contributed by atoms with Crippen molar-refractivity contribution in [1.29, 1.82) is 0 Å². The van der Waals surface area contributed by atoms with Crippen molar-refractivity contribution >= 4 is 67.8 Å². The number of hydrogen-bond donors (Lipinski definition) is 3. The van der Waals surface area contributed by atoms with Gasteiger partial charge in [0.05, 0.1) is 19.3 Å². The number of carbonyl (C=O) groups excluding carboxylic acids is 2. The van der Waals surface area contributed by atoms with Crippen molar-refractivity contribution in [3.63, 3.8) is 0 Å². The van der Waals surface area contributed by atoms with Crippen LogP contribution in [0.3, 0.4) is 0 Å². The van der Waals surface area contributed by atoms with E-state index in [-0.39, 0.29) is 28.9 Å². The monoisotopic (exact) mass is 739 g/mol. The summed E-state index contributed by atoms with van der Waals surface area (Å²) in [6.45, 7) is 0.368. The number of ketones is 1. The van der Waals surface area contributed by atoms with Gasteiger partial charge in [-0.3, -0.25) is 9.59 Å². The summed E-state index contributed by atoms with van der Waals surface area (Å²) in [5.74, 6) is 0.235. The number of furan rings is 1. The first-order valence-corrected chi connectivity index (χ1v) is 14.4. The number of ether oxygens (including phenoxy) is 1. The van der Waals surface area contributed by atoms with E-state index in [1.165, 1.54) is 6.07 Å². The van der Waals surface area contributed by atoms with Crippen molar-refractivity contribution in [3.8, 4) is 17.2 Å². The molecule has 9 heteroatoms. The summed E-state index contributed by atoms with van der Waals surface area (Å²) < 4.78 is 13.1. The molecule has 4 rings (SSSR count). The molecule has 0 atom stereocenters. The molecule has 3 aromatic carbocycles. The maximum atomic E-state index is 13.7. The minimum absolute atomic E-state index is 0.0803. The van der Waals surface area contributed by atoms with E-state index in [0.717, 1.165) is 12.0 Å². The minimum atomic E-state index is -0.337. The summed E-state index contributed by atoms with van der Waals surface area (Å²) in [5, 5.41) is 21.4. The third-order valence-electron chi connectivity index (χ3n) is 6.17. The second kappa shape index (κ2) is 12.8. The molecule has 4 aromatic rings. The van der Waals surface area contributed by atoms with Crippen LogP contribution in [0, 0.1) is 7.14 Å². The van der Waals surface area contributed by atoms with Gasteiger partial charge in [-0.1, -0.05) is 36.8 Å². The van der Waals surface area contributed by atoms with Crippen molar-refractivity contribution in [2.45, 2.75) is 38.5 Å². The lowest BCUT2D eigenvalue weighted by Gasteiger charge is -2.09. The molecule has 0 spiro atoms. The molecule has 0 aliphatic carbocycles. The van der Waals surface area contributed by atoms with E-state index in [1.54, 1.807) is 18.2 Å². The average Bonchev–Trinajstić information content (AvgIpc) is 3.23. The summed E-state index contributed by atoms with van der Waals surface area (Å²) in [6.07, 6.45) is 3.58. The van der Waals surface area contributed by atoms with E-state index in [4.69, 9.17) is 14.9 Å². The van der Waals surface area contributed by atoms with Crippen molar-refractivity contribution in [2.24, 2.45) is 5.73 Å². The number of aromatic hydroxyl groups is 2. The normalized spacial score (nSPS) is 11.1. The third-order valence-corrected chi connectivity index (χ3v) is 7.81. The largest absolute Gasteiger partial charge is 0.506 e. The molecule has 1 heterocycles. The van der Waals surface area contributed by atoms with Gasteiger partial charge in [0, 0.05) is 36.3 Å². The molecule has 198 valence electrons. The molecular formula is C29H27I2NO6. The van der Waals surface area contributed by atoms with E-state index in [0.29, 0.717) is 73.7 Å². The van der Waals surface area contributed by atoms with Gasteiger partial charge in [-0.05, 0) is 81.8 Å². The Morgan fingerprint density at radius 1 is 0.921 bits per heavy atom. The Morgan fingerprint density at radius 2 is 1.63 bits per heavy atom. The quantitative estimate of drug-likeness (QED) is 0.0868. The molecule has 0 fully saturated rings. The number of fused-ring (bicyclic) bond motifs is 1. The van der Waals surface area contributed by atoms with Crippen LogP contribution in [0.2, 0.25) is 0 Å². The summed E-state index contributed by atoms with van der Waals surface area (Å²) in [7, 11) is 0. The number of unbranched alkanes of at least 4 members (excludes halogenated alkanes) is 2. The molecule has 38 heavy (non-hydrogen) atoms. The zero-order chi connectivity index (χ0) is 27.2. The first-order valence-electron chi connectivity index (χ1n) is 12.2. The van der Waals surface area contributed by atoms with Crippen molar-refractivity contribution in [3.05, 3.63) is 84.2 Å². The van der Waals surface area contributed by atoms with Crippen LogP contribution >= 0.6 is 45.2 Å². The number of phenolic OH excluding ortho intramolecular Hbond substituents is 2. The zero-order valence-electron chi connectivity index (χ0n) is 20.5. The Morgan fingerprint density at radius 3 is 2.32 bits per heavy atom. The molecule has 0 aliphatic heterocycles. The van der Waals surface area contributed by atoms with Crippen LogP contribution in [0.15, 0.2) is 59.0 Å². The number of amides is 1. The highest BCUT2D eigenvalue weighted by molar-refractivity contribution is 14.1. The number of nitrogens with two attached hydrogens (primary N) is 1. The second-order valence-electron chi connectivity index (χ2n) is 8.94. The standard InChI is InChI=1S/C29H27I2NO6/c30-20-13-18(14-21(31)29(20)36)28(35)27-19-15-22(33)25(37-12-11-17-7-3-1-4-8-17)16-24(19)38-23(27)9-5-2-6-10-26(32)34/h1,3-4,7-8,13-16,33,36H,2,5-6,9-12H2,(H2,32,34). The van der Waals surface area contributed by atoms with Crippen LogP contribution in [0.25, 0.3) is 11.0 Å². The van der Waals surface area contributed by atoms with Crippen LogP contribution in [0.5, 0.6) is 17.2 Å². The van der Waals surface area contributed by atoms with Gasteiger partial charge in [-0.2, -0.15) is 0 Å². The molecule has 0 radical (unpaired) electrons. The predicted molar refractivity (Wildman–Crippen MR) is 162 cm³/mol. The lowest BCUT2D eigenvalue weighted by molar-refractivity contribution is -0.118. The van der Waals surface area contributed by atoms with Crippen molar-refractivity contribution in [2.75, 3.05) is 6.61 Å². The summed E-state index contributed by atoms with van der Waals surface area (Å²) in [6, 6.07) is 16.3. The molecule has 4 N–H and O–H groups in total. The van der Waals surface area contributed by atoms with Gasteiger partial charge >= 0.3 is 0 Å².